The normalized spacial score (nSPS) is 11.6. The van der Waals surface area contributed by atoms with Crippen molar-refractivity contribution in [1.29, 1.82) is 0 Å². The van der Waals surface area contributed by atoms with E-state index >= 15 is 0 Å². The third-order valence-electron chi connectivity index (χ3n) is 4.71. The molecule has 3 aromatic rings. The first-order valence-corrected chi connectivity index (χ1v) is 10.7. The first-order chi connectivity index (χ1) is 15.4. The number of rotatable bonds is 8. The van der Waals surface area contributed by atoms with Gasteiger partial charge in [-0.25, -0.2) is 4.79 Å². The Morgan fingerprint density at radius 1 is 0.844 bits per heavy atom. The second kappa shape index (κ2) is 11.5. The Balaban J connectivity index is 1.59. The van der Waals surface area contributed by atoms with E-state index in [9.17, 15) is 9.59 Å². The van der Waals surface area contributed by atoms with Crippen LogP contribution < -0.4 is 16.4 Å². The van der Waals surface area contributed by atoms with Crippen LogP contribution in [0.15, 0.2) is 78.9 Å². The van der Waals surface area contributed by atoms with Crippen molar-refractivity contribution in [1.82, 2.24) is 10.6 Å². The molecule has 166 valence electrons. The molecular formula is C24H23Cl2N3O3. The summed E-state index contributed by atoms with van der Waals surface area (Å²) in [5.74, 6) is -0.428. The molecule has 0 fully saturated rings. The molecule has 3 rings (SSSR count). The molecule has 0 heterocycles. The number of carbonyl (C=O) groups excluding carboxylic acids is 2. The zero-order valence-corrected chi connectivity index (χ0v) is 18.6. The van der Waals surface area contributed by atoms with Crippen LogP contribution in [0, 0.1) is 0 Å². The number of nitrogens with one attached hydrogen (secondary N) is 2. The molecule has 0 aliphatic carbocycles. The molecule has 0 saturated heterocycles. The minimum atomic E-state index is -0.971. The molecule has 0 radical (unpaired) electrons. The number of hydrogen-bond donors (Lipinski definition) is 3. The number of nitrogens with two attached hydrogens (primary N) is 1. The number of hydrogen-bond acceptors (Lipinski definition) is 4. The largest absolute Gasteiger partial charge is 0.445 e. The quantitative estimate of drug-likeness (QED) is 0.452. The summed E-state index contributed by atoms with van der Waals surface area (Å²) >= 11 is 12.0. The lowest BCUT2D eigenvalue weighted by Gasteiger charge is -2.22. The minimum Gasteiger partial charge on any atom is -0.445 e. The van der Waals surface area contributed by atoms with E-state index in [1.165, 1.54) is 0 Å². The molecule has 0 saturated carbocycles. The molecule has 6 nitrogen and oxygen atoms in total. The van der Waals surface area contributed by atoms with Crippen molar-refractivity contribution < 1.29 is 14.3 Å². The third kappa shape index (κ3) is 6.99. The Kier molecular flexibility index (Phi) is 8.50. The Bertz CT molecular complexity index is 983. The predicted octanol–water partition coefficient (Wildman–Crippen LogP) is 4.45. The van der Waals surface area contributed by atoms with Gasteiger partial charge in [0.15, 0.2) is 0 Å². The van der Waals surface area contributed by atoms with Crippen LogP contribution in [-0.4, -0.2) is 24.6 Å². The number of halogens is 2. The standard InChI is InChI=1S/C24H23Cl2N3O3/c25-19-10-6-17(7-11-19)22(18-8-12-20(26)13-9-18)29-23(30)21(27)14-28-24(31)32-15-16-4-2-1-3-5-16/h1-13,21-22H,14-15,27H2,(H,28,31)(H,29,30). The number of benzene rings is 3. The number of carbonyl (C=O) groups is 2. The van der Waals surface area contributed by atoms with E-state index in [1.807, 2.05) is 54.6 Å². The summed E-state index contributed by atoms with van der Waals surface area (Å²) in [5.41, 5.74) is 8.51. The average Bonchev–Trinajstić information content (AvgIpc) is 2.81. The zero-order chi connectivity index (χ0) is 22.9. The monoisotopic (exact) mass is 471 g/mol. The highest BCUT2D eigenvalue weighted by molar-refractivity contribution is 6.30. The SMILES string of the molecule is NC(CNC(=O)OCc1ccccc1)C(=O)NC(c1ccc(Cl)cc1)c1ccc(Cl)cc1. The van der Waals surface area contributed by atoms with Crippen molar-refractivity contribution in [3.63, 3.8) is 0 Å². The predicted molar refractivity (Wildman–Crippen MR) is 125 cm³/mol. The summed E-state index contributed by atoms with van der Waals surface area (Å²) in [6.45, 7) is 0.0523. The maximum Gasteiger partial charge on any atom is 0.407 e. The van der Waals surface area contributed by atoms with Gasteiger partial charge < -0.3 is 21.1 Å². The van der Waals surface area contributed by atoms with Gasteiger partial charge >= 0.3 is 6.09 Å². The highest BCUT2D eigenvalue weighted by Gasteiger charge is 2.21. The Morgan fingerprint density at radius 3 is 1.91 bits per heavy atom. The van der Waals surface area contributed by atoms with Crippen molar-refractivity contribution >= 4 is 35.2 Å². The third-order valence-corrected chi connectivity index (χ3v) is 5.21. The van der Waals surface area contributed by atoms with Crippen molar-refractivity contribution in [3.8, 4) is 0 Å². The number of amides is 2. The molecule has 0 aliphatic heterocycles. The summed E-state index contributed by atoms with van der Waals surface area (Å²) in [5, 5.41) is 6.62. The van der Waals surface area contributed by atoms with E-state index in [-0.39, 0.29) is 13.2 Å². The van der Waals surface area contributed by atoms with Gasteiger partial charge in [0, 0.05) is 16.6 Å². The van der Waals surface area contributed by atoms with E-state index in [1.54, 1.807) is 24.3 Å². The molecule has 0 spiro atoms. The van der Waals surface area contributed by atoms with Gasteiger partial charge in [-0.05, 0) is 41.0 Å². The first-order valence-electron chi connectivity index (χ1n) is 9.94. The van der Waals surface area contributed by atoms with Crippen LogP contribution in [-0.2, 0) is 16.1 Å². The molecule has 1 unspecified atom stereocenters. The fraction of sp³-hybridized carbons (Fsp3) is 0.167. The average molecular weight is 472 g/mol. The van der Waals surface area contributed by atoms with Crippen LogP contribution in [0.25, 0.3) is 0 Å². The molecular weight excluding hydrogens is 449 g/mol. The van der Waals surface area contributed by atoms with Crippen molar-refractivity contribution in [2.75, 3.05) is 6.54 Å². The molecule has 3 aromatic carbocycles. The summed E-state index contributed by atoms with van der Waals surface area (Å²) in [6, 6.07) is 22.1. The molecule has 0 aromatic heterocycles. The van der Waals surface area contributed by atoms with Gasteiger partial charge in [0.25, 0.3) is 0 Å². The second-order valence-corrected chi connectivity index (χ2v) is 7.97. The summed E-state index contributed by atoms with van der Waals surface area (Å²) < 4.78 is 5.14. The van der Waals surface area contributed by atoms with Crippen LogP contribution in [0.4, 0.5) is 4.79 Å². The van der Waals surface area contributed by atoms with Gasteiger partial charge in [0.2, 0.25) is 5.91 Å². The van der Waals surface area contributed by atoms with E-state index < -0.39 is 24.1 Å². The van der Waals surface area contributed by atoms with E-state index in [0.29, 0.717) is 10.0 Å². The first kappa shape index (κ1) is 23.6. The van der Waals surface area contributed by atoms with Gasteiger partial charge in [0.05, 0.1) is 6.04 Å². The van der Waals surface area contributed by atoms with Gasteiger partial charge in [-0.15, -0.1) is 0 Å². The fourth-order valence-corrected chi connectivity index (χ4v) is 3.23. The van der Waals surface area contributed by atoms with E-state index in [4.69, 9.17) is 33.7 Å². The van der Waals surface area contributed by atoms with Crippen molar-refractivity contribution in [3.05, 3.63) is 106 Å². The van der Waals surface area contributed by atoms with E-state index in [2.05, 4.69) is 10.6 Å². The van der Waals surface area contributed by atoms with Crippen molar-refractivity contribution in [2.45, 2.75) is 18.7 Å². The van der Waals surface area contributed by atoms with Crippen LogP contribution in [0.1, 0.15) is 22.7 Å². The smallest absolute Gasteiger partial charge is 0.407 e. The topological polar surface area (TPSA) is 93.4 Å². The van der Waals surface area contributed by atoms with Gasteiger partial charge in [-0.1, -0.05) is 77.8 Å². The molecule has 32 heavy (non-hydrogen) atoms. The molecule has 0 aliphatic rings. The Hall–Kier alpha value is -3.06. The summed E-state index contributed by atoms with van der Waals surface area (Å²) in [4.78, 5) is 24.7. The highest BCUT2D eigenvalue weighted by atomic mass is 35.5. The maximum atomic E-state index is 12.7. The molecule has 1 atom stereocenters. The van der Waals surface area contributed by atoms with Gasteiger partial charge in [-0.2, -0.15) is 0 Å². The van der Waals surface area contributed by atoms with E-state index in [0.717, 1.165) is 16.7 Å². The van der Waals surface area contributed by atoms with Crippen LogP contribution in [0.3, 0.4) is 0 Å². The number of alkyl carbamates (subject to hydrolysis) is 1. The van der Waals surface area contributed by atoms with Crippen molar-refractivity contribution in [2.24, 2.45) is 5.73 Å². The Labute approximate surface area is 196 Å². The van der Waals surface area contributed by atoms with Gasteiger partial charge in [0.1, 0.15) is 12.6 Å². The van der Waals surface area contributed by atoms with Crippen LogP contribution >= 0.6 is 23.2 Å². The second-order valence-electron chi connectivity index (χ2n) is 7.09. The highest BCUT2D eigenvalue weighted by Crippen LogP contribution is 2.25. The Morgan fingerprint density at radius 2 is 1.38 bits per heavy atom. The van der Waals surface area contributed by atoms with Crippen LogP contribution in [0.5, 0.6) is 0 Å². The minimum absolute atomic E-state index is 0.0760. The molecule has 0 bridgehead atoms. The molecule has 4 N–H and O–H groups in total. The maximum absolute atomic E-state index is 12.7. The summed E-state index contributed by atoms with van der Waals surface area (Å²) in [7, 11) is 0. The molecule has 8 heteroatoms. The zero-order valence-electron chi connectivity index (χ0n) is 17.1. The fourth-order valence-electron chi connectivity index (χ4n) is 2.98. The summed E-state index contributed by atoms with van der Waals surface area (Å²) in [6.07, 6.45) is -0.649. The lowest BCUT2D eigenvalue weighted by Crippen LogP contribution is -2.49. The lowest BCUT2D eigenvalue weighted by atomic mass is 9.98. The number of ether oxygens (including phenoxy) is 1. The molecule has 2 amide bonds. The van der Waals surface area contributed by atoms with Gasteiger partial charge in [-0.3, -0.25) is 4.79 Å². The lowest BCUT2D eigenvalue weighted by molar-refractivity contribution is -0.122. The van der Waals surface area contributed by atoms with Crippen LogP contribution in [0.2, 0.25) is 10.0 Å².